The second-order valence-electron chi connectivity index (χ2n) is 5.44. The van der Waals surface area contributed by atoms with Crippen LogP contribution in [0, 0.1) is 9.39 Å². The number of hydrogen-bond acceptors (Lipinski definition) is 7. The number of benzene rings is 2. The number of amides is 1. The molecule has 2 aromatic carbocycles. The third kappa shape index (κ3) is 5.66. The van der Waals surface area contributed by atoms with E-state index in [0.717, 1.165) is 21.0 Å². The molecule has 0 spiro atoms. The Bertz CT molecular complexity index is 976. The fraction of sp³-hybridized carbons (Fsp3) is 0.0588. The van der Waals surface area contributed by atoms with Crippen molar-refractivity contribution in [2.45, 2.75) is 5.16 Å². The van der Waals surface area contributed by atoms with Gasteiger partial charge in [0.15, 0.2) is 0 Å². The smallest absolute Gasteiger partial charge is 0.264 e. The van der Waals surface area contributed by atoms with E-state index in [1.807, 2.05) is 24.3 Å². The van der Waals surface area contributed by atoms with Crippen LogP contribution in [0.25, 0.3) is 0 Å². The molecule has 3 aromatic rings. The number of nitrogens with two attached hydrogens (primary N) is 1. The van der Waals surface area contributed by atoms with Crippen molar-refractivity contribution >= 4 is 58.1 Å². The van der Waals surface area contributed by atoms with E-state index in [2.05, 4.69) is 48.6 Å². The molecule has 3 rings (SSSR count). The largest absolute Gasteiger partial charge is 0.334 e. The lowest BCUT2D eigenvalue weighted by Gasteiger charge is -2.05. The zero-order chi connectivity index (χ0) is 19.9. The van der Waals surface area contributed by atoms with Crippen LogP contribution in [0.2, 0.25) is 0 Å². The molecule has 8 nitrogen and oxygen atoms in total. The Balaban J connectivity index is 1.51. The highest BCUT2D eigenvalue weighted by Gasteiger charge is 2.12. The molecule has 0 saturated heterocycles. The van der Waals surface area contributed by atoms with Crippen molar-refractivity contribution in [3.8, 4) is 0 Å². The number of anilines is 2. The van der Waals surface area contributed by atoms with Gasteiger partial charge >= 0.3 is 0 Å². The molecule has 0 atom stereocenters. The maximum absolute atomic E-state index is 12.9. The number of carbonyl (C=O) groups excluding carboxylic acids is 1. The molecule has 1 aromatic heterocycles. The predicted octanol–water partition coefficient (Wildman–Crippen LogP) is 2.91. The number of halogens is 2. The van der Waals surface area contributed by atoms with Crippen LogP contribution in [0.1, 0.15) is 5.56 Å². The van der Waals surface area contributed by atoms with E-state index in [9.17, 15) is 9.18 Å². The Kier molecular flexibility index (Phi) is 6.81. The molecule has 0 radical (unpaired) electrons. The lowest BCUT2D eigenvalue weighted by molar-refractivity contribution is -0.113. The average molecular weight is 511 g/mol. The highest BCUT2D eigenvalue weighted by atomic mass is 127. The molecule has 28 heavy (non-hydrogen) atoms. The topological polar surface area (TPSA) is 110 Å². The molecular formula is C17H15FIN7OS. The van der Waals surface area contributed by atoms with E-state index in [0.29, 0.717) is 10.7 Å². The van der Waals surface area contributed by atoms with Crippen molar-refractivity contribution in [2.75, 3.05) is 22.3 Å². The highest BCUT2D eigenvalue weighted by molar-refractivity contribution is 14.1. The van der Waals surface area contributed by atoms with Gasteiger partial charge in [-0.25, -0.2) is 14.5 Å². The first kappa shape index (κ1) is 20.1. The van der Waals surface area contributed by atoms with Crippen LogP contribution in [-0.2, 0) is 4.79 Å². The van der Waals surface area contributed by atoms with E-state index in [1.54, 1.807) is 12.1 Å². The molecule has 0 bridgehead atoms. The van der Waals surface area contributed by atoms with Crippen LogP contribution in [0.5, 0.6) is 0 Å². The molecule has 11 heteroatoms. The molecule has 0 saturated carbocycles. The van der Waals surface area contributed by atoms with Crippen LogP contribution in [0.4, 0.5) is 16.0 Å². The van der Waals surface area contributed by atoms with Crippen molar-refractivity contribution in [3.63, 3.8) is 0 Å². The monoisotopic (exact) mass is 511 g/mol. The summed E-state index contributed by atoms with van der Waals surface area (Å²) >= 11 is 3.34. The van der Waals surface area contributed by atoms with Crippen LogP contribution >= 0.6 is 34.4 Å². The van der Waals surface area contributed by atoms with Gasteiger partial charge < -0.3 is 11.2 Å². The number of thioether (sulfide) groups is 1. The molecule has 1 amide bonds. The van der Waals surface area contributed by atoms with Gasteiger partial charge in [0.2, 0.25) is 11.1 Å². The molecule has 0 aliphatic rings. The van der Waals surface area contributed by atoms with Gasteiger partial charge in [0.1, 0.15) is 5.82 Å². The average Bonchev–Trinajstić information content (AvgIpc) is 3.03. The normalized spacial score (nSPS) is 10.9. The number of hydrogen-bond donors (Lipinski definition) is 3. The Labute approximate surface area is 177 Å². The van der Waals surface area contributed by atoms with Gasteiger partial charge in [-0.3, -0.25) is 4.79 Å². The SMILES string of the molecule is Nn1c(N/N=C/c2ccc(F)cc2)nnc1SCC(=O)Nc1ccc(I)cc1. The van der Waals surface area contributed by atoms with Crippen LogP contribution in [-0.4, -0.2) is 32.7 Å². The zero-order valence-electron chi connectivity index (χ0n) is 14.3. The van der Waals surface area contributed by atoms with E-state index in [-0.39, 0.29) is 23.4 Å². The third-order valence-corrected chi connectivity index (χ3v) is 5.04. The van der Waals surface area contributed by atoms with Gasteiger partial charge in [0.25, 0.3) is 5.95 Å². The minimum atomic E-state index is -0.320. The first-order valence-corrected chi connectivity index (χ1v) is 10.0. The Morgan fingerprint density at radius 1 is 1.21 bits per heavy atom. The predicted molar refractivity (Wildman–Crippen MR) is 116 cm³/mol. The molecule has 144 valence electrons. The summed E-state index contributed by atoms with van der Waals surface area (Å²) in [6.07, 6.45) is 1.50. The quantitative estimate of drug-likeness (QED) is 0.148. The van der Waals surface area contributed by atoms with E-state index in [4.69, 9.17) is 5.84 Å². The summed E-state index contributed by atoms with van der Waals surface area (Å²) in [6.45, 7) is 0. The fourth-order valence-corrected chi connectivity index (χ4v) is 3.04. The molecule has 1 heterocycles. The molecule has 0 aliphatic heterocycles. The second kappa shape index (κ2) is 9.50. The maximum Gasteiger partial charge on any atom is 0.264 e. The number of nitrogens with one attached hydrogen (secondary N) is 2. The number of hydrazone groups is 1. The number of nitrogens with zero attached hydrogens (tertiary/aromatic N) is 4. The van der Waals surface area contributed by atoms with Gasteiger partial charge in [-0.15, -0.1) is 10.2 Å². The van der Waals surface area contributed by atoms with Gasteiger partial charge in [-0.05, 0) is 64.6 Å². The van der Waals surface area contributed by atoms with Crippen molar-refractivity contribution < 1.29 is 9.18 Å². The van der Waals surface area contributed by atoms with Crippen molar-refractivity contribution in [1.82, 2.24) is 14.9 Å². The second-order valence-corrected chi connectivity index (χ2v) is 7.63. The lowest BCUT2D eigenvalue weighted by Crippen LogP contribution is -2.16. The zero-order valence-corrected chi connectivity index (χ0v) is 17.3. The van der Waals surface area contributed by atoms with Crippen LogP contribution in [0.3, 0.4) is 0 Å². The summed E-state index contributed by atoms with van der Waals surface area (Å²) in [5.74, 6) is 5.74. The van der Waals surface area contributed by atoms with Gasteiger partial charge in [0, 0.05) is 9.26 Å². The number of nitrogen functional groups attached to an aromatic ring is 1. The highest BCUT2D eigenvalue weighted by Crippen LogP contribution is 2.17. The third-order valence-electron chi connectivity index (χ3n) is 3.37. The fourth-order valence-electron chi connectivity index (χ4n) is 2.03. The Morgan fingerprint density at radius 2 is 1.93 bits per heavy atom. The van der Waals surface area contributed by atoms with Gasteiger partial charge in [-0.1, -0.05) is 23.9 Å². The molecule has 0 fully saturated rings. The van der Waals surface area contributed by atoms with Crippen LogP contribution in [0.15, 0.2) is 58.8 Å². The summed E-state index contributed by atoms with van der Waals surface area (Å²) in [6, 6.07) is 13.3. The number of rotatable bonds is 7. The first-order chi connectivity index (χ1) is 13.5. The molecule has 0 aliphatic carbocycles. The van der Waals surface area contributed by atoms with Gasteiger partial charge in [0.05, 0.1) is 12.0 Å². The maximum atomic E-state index is 12.9. The Hall–Kier alpha value is -2.67. The molecule has 4 N–H and O–H groups in total. The number of aromatic nitrogens is 3. The van der Waals surface area contributed by atoms with Crippen molar-refractivity contribution in [1.29, 1.82) is 0 Å². The number of carbonyl (C=O) groups is 1. The summed E-state index contributed by atoms with van der Waals surface area (Å²) < 4.78 is 15.2. The van der Waals surface area contributed by atoms with E-state index >= 15 is 0 Å². The van der Waals surface area contributed by atoms with Crippen molar-refractivity contribution in [2.24, 2.45) is 5.10 Å². The standard InChI is InChI=1S/C17H15FIN7OS/c18-12-3-1-11(2-4-12)9-21-23-16-24-25-17(26(16)20)28-10-15(27)22-14-7-5-13(19)6-8-14/h1-9H,10,20H2,(H,22,27)(H,23,24)/b21-9+. The minimum absolute atomic E-state index is 0.125. The first-order valence-electron chi connectivity index (χ1n) is 7.94. The van der Waals surface area contributed by atoms with Crippen LogP contribution < -0.4 is 16.6 Å². The lowest BCUT2D eigenvalue weighted by atomic mass is 10.2. The van der Waals surface area contributed by atoms with E-state index in [1.165, 1.54) is 23.0 Å². The Morgan fingerprint density at radius 3 is 2.64 bits per heavy atom. The summed E-state index contributed by atoms with van der Waals surface area (Å²) in [5, 5.41) is 14.9. The summed E-state index contributed by atoms with van der Waals surface area (Å²) in [7, 11) is 0. The van der Waals surface area contributed by atoms with E-state index < -0.39 is 0 Å². The summed E-state index contributed by atoms with van der Waals surface area (Å²) in [4.78, 5) is 12.0. The summed E-state index contributed by atoms with van der Waals surface area (Å²) in [5.41, 5.74) is 4.08. The van der Waals surface area contributed by atoms with Gasteiger partial charge in [-0.2, -0.15) is 5.10 Å². The molecular weight excluding hydrogens is 496 g/mol. The van der Waals surface area contributed by atoms with Crippen molar-refractivity contribution in [3.05, 3.63) is 63.5 Å². The minimum Gasteiger partial charge on any atom is -0.334 e. The molecule has 0 unspecified atom stereocenters.